The second-order valence-corrected chi connectivity index (χ2v) is 11.2. The Labute approximate surface area is 207 Å². The van der Waals surface area contributed by atoms with Gasteiger partial charge in [0.1, 0.15) is 5.75 Å². The molecule has 2 aromatic carbocycles. The van der Waals surface area contributed by atoms with Crippen molar-refractivity contribution in [1.82, 2.24) is 4.31 Å². The Bertz CT molecular complexity index is 1210. The molecule has 1 atom stereocenters. The van der Waals surface area contributed by atoms with Crippen molar-refractivity contribution in [2.24, 2.45) is 0 Å². The molecule has 0 saturated carbocycles. The molecular weight excluding hydrogens is 499 g/mol. The third-order valence-corrected chi connectivity index (χ3v) is 8.50. The van der Waals surface area contributed by atoms with Crippen LogP contribution in [0.1, 0.15) is 28.8 Å². The van der Waals surface area contributed by atoms with Crippen LogP contribution in [0.4, 0.5) is 13.2 Å². The Morgan fingerprint density at radius 2 is 1.91 bits per heavy atom. The minimum atomic E-state index is -4.80. The van der Waals surface area contributed by atoms with E-state index >= 15 is 0 Å². The molecule has 1 aliphatic rings. The summed E-state index contributed by atoms with van der Waals surface area (Å²) in [5, 5.41) is 2.00. The van der Waals surface area contributed by atoms with Gasteiger partial charge in [-0.05, 0) is 54.1 Å². The first-order valence-corrected chi connectivity index (χ1v) is 13.6. The normalized spacial score (nSPS) is 16.6. The van der Waals surface area contributed by atoms with Crippen molar-refractivity contribution >= 4 is 21.4 Å². The van der Waals surface area contributed by atoms with Gasteiger partial charge in [0, 0.05) is 31.0 Å². The van der Waals surface area contributed by atoms with E-state index in [1.807, 2.05) is 17.5 Å². The standard InChI is InChI=1S/C25H26F3NO4S2/c26-25(27,28)23-10-1-2-11-24(23)35(30,31)29(18-21-8-4-13-32-21)17-19-6-3-7-20(16-19)33-14-12-22-9-5-15-34-22/h1-3,5-7,9-11,15-16,21H,4,8,12-14,17-18H2. The van der Waals surface area contributed by atoms with Crippen LogP contribution in [-0.4, -0.2) is 38.6 Å². The molecular formula is C25H26F3NO4S2. The van der Waals surface area contributed by atoms with Crippen molar-refractivity contribution in [1.29, 1.82) is 0 Å². The topological polar surface area (TPSA) is 55.8 Å². The first kappa shape index (κ1) is 25.7. The van der Waals surface area contributed by atoms with Crippen LogP contribution in [0.3, 0.4) is 0 Å². The molecule has 1 unspecified atom stereocenters. The Morgan fingerprint density at radius 1 is 1.09 bits per heavy atom. The van der Waals surface area contributed by atoms with Crippen molar-refractivity contribution in [3.8, 4) is 5.75 Å². The highest BCUT2D eigenvalue weighted by Gasteiger charge is 2.39. The lowest BCUT2D eigenvalue weighted by molar-refractivity contribution is -0.139. The summed E-state index contributed by atoms with van der Waals surface area (Å²) in [5.41, 5.74) is -0.562. The van der Waals surface area contributed by atoms with Crippen molar-refractivity contribution in [3.05, 3.63) is 82.0 Å². The maximum absolute atomic E-state index is 13.6. The third-order valence-electron chi connectivity index (χ3n) is 5.70. The van der Waals surface area contributed by atoms with E-state index in [0.717, 1.165) is 29.3 Å². The summed E-state index contributed by atoms with van der Waals surface area (Å²) < 4.78 is 80.4. The summed E-state index contributed by atoms with van der Waals surface area (Å²) in [7, 11) is -4.47. The second kappa shape index (κ2) is 11.1. The monoisotopic (exact) mass is 525 g/mol. The Kier molecular flexibility index (Phi) is 8.16. The number of nitrogens with zero attached hydrogens (tertiary/aromatic N) is 1. The second-order valence-electron chi connectivity index (χ2n) is 8.25. The molecule has 0 amide bonds. The lowest BCUT2D eigenvalue weighted by Gasteiger charge is -2.26. The first-order valence-electron chi connectivity index (χ1n) is 11.3. The molecule has 0 bridgehead atoms. The van der Waals surface area contributed by atoms with Gasteiger partial charge in [-0.3, -0.25) is 0 Å². The Hall–Kier alpha value is -2.40. The van der Waals surface area contributed by atoms with Crippen LogP contribution in [0.2, 0.25) is 0 Å². The summed E-state index contributed by atoms with van der Waals surface area (Å²) in [5.74, 6) is 0.573. The largest absolute Gasteiger partial charge is 0.493 e. The molecule has 0 aliphatic carbocycles. The van der Waals surface area contributed by atoms with Crippen molar-refractivity contribution < 1.29 is 31.1 Å². The molecule has 0 spiro atoms. The van der Waals surface area contributed by atoms with Gasteiger partial charge in [0.05, 0.1) is 23.2 Å². The first-order chi connectivity index (χ1) is 16.7. The predicted molar refractivity (Wildman–Crippen MR) is 128 cm³/mol. The molecule has 1 saturated heterocycles. The quantitative estimate of drug-likeness (QED) is 0.338. The van der Waals surface area contributed by atoms with Crippen LogP contribution in [0, 0.1) is 0 Å². The number of benzene rings is 2. The lowest BCUT2D eigenvalue weighted by Crippen LogP contribution is -2.37. The zero-order valence-corrected chi connectivity index (χ0v) is 20.5. The zero-order valence-electron chi connectivity index (χ0n) is 18.9. The molecule has 1 aliphatic heterocycles. The molecule has 1 aromatic heterocycles. The molecule has 0 radical (unpaired) electrons. The minimum absolute atomic E-state index is 0.0298. The fraction of sp³-hybridized carbons (Fsp3) is 0.360. The highest BCUT2D eigenvalue weighted by molar-refractivity contribution is 7.89. The van der Waals surface area contributed by atoms with E-state index in [1.165, 1.54) is 17.0 Å². The van der Waals surface area contributed by atoms with E-state index in [0.29, 0.717) is 30.9 Å². The number of halogens is 3. The molecule has 5 nitrogen and oxygen atoms in total. The number of thiophene rings is 1. The summed E-state index contributed by atoms with van der Waals surface area (Å²) in [6.07, 6.45) is -2.98. The molecule has 1 fully saturated rings. The van der Waals surface area contributed by atoms with Gasteiger partial charge in [-0.2, -0.15) is 17.5 Å². The maximum Gasteiger partial charge on any atom is 0.417 e. The molecule has 2 heterocycles. The number of rotatable bonds is 10. The maximum atomic E-state index is 13.6. The van der Waals surface area contributed by atoms with Crippen molar-refractivity contribution in [2.75, 3.05) is 19.8 Å². The molecule has 3 aromatic rings. The van der Waals surface area contributed by atoms with Gasteiger partial charge in [0.15, 0.2) is 0 Å². The van der Waals surface area contributed by atoms with Crippen LogP contribution in [0.25, 0.3) is 0 Å². The molecule has 4 rings (SSSR count). The molecule has 0 N–H and O–H groups in total. The van der Waals surface area contributed by atoms with Gasteiger partial charge in [-0.1, -0.05) is 30.3 Å². The van der Waals surface area contributed by atoms with Crippen LogP contribution in [0.5, 0.6) is 5.75 Å². The van der Waals surface area contributed by atoms with E-state index in [1.54, 1.807) is 35.6 Å². The third kappa shape index (κ3) is 6.63. The van der Waals surface area contributed by atoms with Gasteiger partial charge in [0.25, 0.3) is 0 Å². The van der Waals surface area contributed by atoms with Crippen molar-refractivity contribution in [3.63, 3.8) is 0 Å². The van der Waals surface area contributed by atoms with Gasteiger partial charge in [0.2, 0.25) is 10.0 Å². The fourth-order valence-corrected chi connectivity index (χ4v) is 6.35. The Morgan fingerprint density at radius 3 is 2.63 bits per heavy atom. The smallest absolute Gasteiger partial charge is 0.417 e. The van der Waals surface area contributed by atoms with E-state index in [4.69, 9.17) is 9.47 Å². The van der Waals surface area contributed by atoms with Gasteiger partial charge >= 0.3 is 6.18 Å². The van der Waals surface area contributed by atoms with Crippen LogP contribution < -0.4 is 4.74 Å². The summed E-state index contributed by atoms with van der Waals surface area (Å²) in [4.78, 5) is 0.437. The lowest BCUT2D eigenvalue weighted by atomic mass is 10.2. The average molecular weight is 526 g/mol. The van der Waals surface area contributed by atoms with Crippen LogP contribution in [0.15, 0.2) is 70.9 Å². The van der Waals surface area contributed by atoms with E-state index in [-0.39, 0.29) is 19.2 Å². The number of hydrogen-bond acceptors (Lipinski definition) is 5. The fourth-order valence-electron chi connectivity index (χ4n) is 3.99. The Balaban J connectivity index is 1.57. The van der Waals surface area contributed by atoms with Crippen molar-refractivity contribution in [2.45, 2.75) is 43.0 Å². The summed E-state index contributed by atoms with van der Waals surface area (Å²) in [6.45, 7) is 0.834. The number of alkyl halides is 3. The van der Waals surface area contributed by atoms with Crippen LogP contribution in [-0.2, 0) is 33.9 Å². The summed E-state index contributed by atoms with van der Waals surface area (Å²) in [6, 6.07) is 15.3. The highest BCUT2D eigenvalue weighted by atomic mass is 32.2. The number of ether oxygens (including phenoxy) is 2. The number of sulfonamides is 1. The SMILES string of the molecule is O=S(=O)(c1ccccc1C(F)(F)F)N(Cc1cccc(OCCc2cccs2)c1)CC1CCCO1. The van der Waals surface area contributed by atoms with Gasteiger partial charge in [-0.15, -0.1) is 11.3 Å². The van der Waals surface area contributed by atoms with Crippen LogP contribution >= 0.6 is 11.3 Å². The van der Waals surface area contributed by atoms with Gasteiger partial charge < -0.3 is 9.47 Å². The highest BCUT2D eigenvalue weighted by Crippen LogP contribution is 2.36. The zero-order chi connectivity index (χ0) is 24.9. The molecule has 35 heavy (non-hydrogen) atoms. The minimum Gasteiger partial charge on any atom is -0.493 e. The summed E-state index contributed by atoms with van der Waals surface area (Å²) >= 11 is 1.64. The predicted octanol–water partition coefficient (Wildman–Crippen LogP) is 5.76. The van der Waals surface area contributed by atoms with Gasteiger partial charge in [-0.25, -0.2) is 8.42 Å². The van der Waals surface area contributed by atoms with E-state index in [9.17, 15) is 21.6 Å². The number of hydrogen-bond donors (Lipinski definition) is 0. The molecule has 188 valence electrons. The average Bonchev–Trinajstić information content (AvgIpc) is 3.53. The molecule has 10 heteroatoms. The van der Waals surface area contributed by atoms with E-state index < -0.39 is 26.7 Å². The van der Waals surface area contributed by atoms with E-state index in [2.05, 4.69) is 0 Å².